The molecule has 0 aliphatic heterocycles. The SMILES string of the molecule is CNC(Cc1ccc(Br)cn1)c1ccc(I)cc1. The molecule has 4 heteroatoms. The predicted molar refractivity (Wildman–Crippen MR) is 86.6 cm³/mol. The molecule has 2 nitrogen and oxygen atoms in total. The van der Waals surface area contributed by atoms with Crippen LogP contribution in [0.5, 0.6) is 0 Å². The smallest absolute Gasteiger partial charge is 0.0423 e. The highest BCUT2D eigenvalue weighted by Crippen LogP contribution is 2.19. The number of nitrogens with zero attached hydrogens (tertiary/aromatic N) is 1. The molecule has 1 N–H and O–H groups in total. The maximum Gasteiger partial charge on any atom is 0.0423 e. The predicted octanol–water partition coefficient (Wildman–Crippen LogP) is 3.95. The zero-order valence-electron chi connectivity index (χ0n) is 10.0. The van der Waals surface area contributed by atoms with Crippen molar-refractivity contribution in [3.8, 4) is 0 Å². The Labute approximate surface area is 129 Å². The van der Waals surface area contributed by atoms with E-state index in [1.165, 1.54) is 9.13 Å². The molecule has 0 fully saturated rings. The Bertz CT molecular complexity index is 496. The molecular formula is C14H14BrIN2. The summed E-state index contributed by atoms with van der Waals surface area (Å²) in [5.41, 5.74) is 2.39. The third-order valence-corrected chi connectivity index (χ3v) is 4.01. The van der Waals surface area contributed by atoms with Gasteiger partial charge in [-0.05, 0) is 75.4 Å². The molecule has 0 saturated carbocycles. The van der Waals surface area contributed by atoms with Crippen molar-refractivity contribution in [2.24, 2.45) is 0 Å². The Hall–Kier alpha value is -0.460. The summed E-state index contributed by atoms with van der Waals surface area (Å²) in [7, 11) is 1.99. The zero-order chi connectivity index (χ0) is 13.0. The summed E-state index contributed by atoms with van der Waals surface area (Å²) < 4.78 is 2.27. The van der Waals surface area contributed by atoms with E-state index >= 15 is 0 Å². The van der Waals surface area contributed by atoms with Crippen molar-refractivity contribution in [2.45, 2.75) is 12.5 Å². The first kappa shape index (κ1) is 14.0. The van der Waals surface area contributed by atoms with Gasteiger partial charge >= 0.3 is 0 Å². The van der Waals surface area contributed by atoms with Crippen LogP contribution in [0.1, 0.15) is 17.3 Å². The molecule has 0 spiro atoms. The summed E-state index contributed by atoms with van der Waals surface area (Å²) in [6.45, 7) is 0. The molecule has 0 saturated heterocycles. The molecule has 2 aromatic rings. The highest BCUT2D eigenvalue weighted by Gasteiger charge is 2.10. The standard InChI is InChI=1S/C14H14BrIN2/c1-17-14(10-2-5-12(16)6-3-10)8-13-7-4-11(15)9-18-13/h2-7,9,14,17H,8H2,1H3. The van der Waals surface area contributed by atoms with Crippen LogP contribution in [0.25, 0.3) is 0 Å². The summed E-state index contributed by atoms with van der Waals surface area (Å²) in [6, 6.07) is 13.0. The Balaban J connectivity index is 2.14. The normalized spacial score (nSPS) is 12.4. The van der Waals surface area contributed by atoms with E-state index in [9.17, 15) is 0 Å². The van der Waals surface area contributed by atoms with Gasteiger partial charge in [0.25, 0.3) is 0 Å². The van der Waals surface area contributed by atoms with Gasteiger partial charge < -0.3 is 5.32 Å². The number of pyridine rings is 1. The summed E-state index contributed by atoms with van der Waals surface area (Å²) in [5.74, 6) is 0. The molecule has 0 amide bonds. The van der Waals surface area contributed by atoms with E-state index in [2.05, 4.69) is 79.2 Å². The number of hydrogen-bond acceptors (Lipinski definition) is 2. The van der Waals surface area contributed by atoms with Crippen molar-refractivity contribution < 1.29 is 0 Å². The second kappa shape index (κ2) is 6.63. The van der Waals surface area contributed by atoms with Crippen LogP contribution >= 0.6 is 38.5 Å². The van der Waals surface area contributed by atoms with Gasteiger partial charge in [-0.1, -0.05) is 12.1 Å². The van der Waals surface area contributed by atoms with Crippen LogP contribution in [0.3, 0.4) is 0 Å². The van der Waals surface area contributed by atoms with Crippen LogP contribution in [-0.4, -0.2) is 12.0 Å². The van der Waals surface area contributed by atoms with Crippen LogP contribution < -0.4 is 5.32 Å². The van der Waals surface area contributed by atoms with Gasteiger partial charge in [-0.3, -0.25) is 4.98 Å². The number of rotatable bonds is 4. The molecule has 0 aliphatic rings. The fourth-order valence-electron chi connectivity index (χ4n) is 1.82. The van der Waals surface area contributed by atoms with E-state index in [4.69, 9.17) is 0 Å². The van der Waals surface area contributed by atoms with Gasteiger partial charge in [-0.15, -0.1) is 0 Å². The van der Waals surface area contributed by atoms with Gasteiger partial charge in [0.1, 0.15) is 0 Å². The molecule has 1 aromatic carbocycles. The number of aromatic nitrogens is 1. The molecule has 1 heterocycles. The second-order valence-corrected chi connectivity index (χ2v) is 6.23. The van der Waals surface area contributed by atoms with Crippen molar-refractivity contribution in [1.29, 1.82) is 0 Å². The fourth-order valence-corrected chi connectivity index (χ4v) is 2.41. The number of likely N-dealkylation sites (N-methyl/N-ethyl adjacent to an activating group) is 1. The average Bonchev–Trinajstić information content (AvgIpc) is 2.39. The molecule has 0 radical (unpaired) electrons. The summed E-state index contributed by atoms with van der Waals surface area (Å²) in [4.78, 5) is 4.42. The minimum atomic E-state index is 0.302. The first-order valence-corrected chi connectivity index (χ1v) is 7.59. The van der Waals surface area contributed by atoms with Crippen LogP contribution in [0.2, 0.25) is 0 Å². The number of benzene rings is 1. The molecule has 2 rings (SSSR count). The van der Waals surface area contributed by atoms with Crippen molar-refractivity contribution in [2.75, 3.05) is 7.05 Å². The lowest BCUT2D eigenvalue weighted by molar-refractivity contribution is 0.584. The van der Waals surface area contributed by atoms with E-state index < -0.39 is 0 Å². The molecule has 1 aromatic heterocycles. The Morgan fingerprint density at radius 1 is 1.22 bits per heavy atom. The molecule has 0 aliphatic carbocycles. The van der Waals surface area contributed by atoms with E-state index in [-0.39, 0.29) is 0 Å². The lowest BCUT2D eigenvalue weighted by Crippen LogP contribution is -2.19. The Morgan fingerprint density at radius 3 is 2.50 bits per heavy atom. The van der Waals surface area contributed by atoms with Crippen molar-refractivity contribution in [3.05, 3.63) is 61.9 Å². The third-order valence-electron chi connectivity index (χ3n) is 2.82. The highest BCUT2D eigenvalue weighted by atomic mass is 127. The topological polar surface area (TPSA) is 24.9 Å². The van der Waals surface area contributed by atoms with Crippen molar-refractivity contribution in [3.63, 3.8) is 0 Å². The Kier molecular flexibility index (Phi) is 5.14. The van der Waals surface area contributed by atoms with Crippen molar-refractivity contribution in [1.82, 2.24) is 10.3 Å². The first-order chi connectivity index (χ1) is 8.69. The quantitative estimate of drug-likeness (QED) is 0.763. The monoisotopic (exact) mass is 416 g/mol. The van der Waals surface area contributed by atoms with Crippen LogP contribution in [0.15, 0.2) is 47.1 Å². The van der Waals surface area contributed by atoms with Crippen LogP contribution in [-0.2, 0) is 6.42 Å². The van der Waals surface area contributed by atoms with Crippen molar-refractivity contribution >= 4 is 38.5 Å². The number of nitrogens with one attached hydrogen (secondary N) is 1. The van der Waals surface area contributed by atoms with Gasteiger partial charge in [-0.25, -0.2) is 0 Å². The lowest BCUT2D eigenvalue weighted by atomic mass is 10.0. The van der Waals surface area contributed by atoms with Gasteiger partial charge in [0.05, 0.1) is 0 Å². The Morgan fingerprint density at radius 2 is 1.94 bits per heavy atom. The van der Waals surface area contributed by atoms with E-state index in [0.29, 0.717) is 6.04 Å². The number of hydrogen-bond donors (Lipinski definition) is 1. The van der Waals surface area contributed by atoms with Gasteiger partial charge in [0, 0.05) is 32.4 Å². The highest BCUT2D eigenvalue weighted by molar-refractivity contribution is 14.1. The maximum absolute atomic E-state index is 4.42. The average molecular weight is 417 g/mol. The zero-order valence-corrected chi connectivity index (χ0v) is 13.8. The summed E-state index contributed by atoms with van der Waals surface area (Å²) in [6.07, 6.45) is 2.74. The first-order valence-electron chi connectivity index (χ1n) is 5.72. The minimum Gasteiger partial charge on any atom is -0.313 e. The summed E-state index contributed by atoms with van der Waals surface area (Å²) in [5, 5.41) is 3.35. The lowest BCUT2D eigenvalue weighted by Gasteiger charge is -2.16. The maximum atomic E-state index is 4.42. The largest absolute Gasteiger partial charge is 0.313 e. The third kappa shape index (κ3) is 3.76. The minimum absolute atomic E-state index is 0.302. The summed E-state index contributed by atoms with van der Waals surface area (Å²) >= 11 is 5.72. The molecule has 0 bridgehead atoms. The van der Waals surface area contributed by atoms with E-state index in [1.807, 2.05) is 19.3 Å². The van der Waals surface area contributed by atoms with E-state index in [0.717, 1.165) is 16.6 Å². The van der Waals surface area contributed by atoms with Gasteiger partial charge in [0.2, 0.25) is 0 Å². The van der Waals surface area contributed by atoms with Crippen LogP contribution in [0.4, 0.5) is 0 Å². The van der Waals surface area contributed by atoms with Gasteiger partial charge in [0.15, 0.2) is 0 Å². The fraction of sp³-hybridized carbons (Fsp3) is 0.214. The molecular weight excluding hydrogens is 403 g/mol. The molecule has 1 unspecified atom stereocenters. The molecule has 1 atom stereocenters. The van der Waals surface area contributed by atoms with E-state index in [1.54, 1.807) is 0 Å². The van der Waals surface area contributed by atoms with Gasteiger partial charge in [-0.2, -0.15) is 0 Å². The second-order valence-electron chi connectivity index (χ2n) is 4.06. The molecule has 18 heavy (non-hydrogen) atoms. The number of halogens is 2. The molecule has 94 valence electrons. The van der Waals surface area contributed by atoms with Crippen LogP contribution in [0, 0.1) is 3.57 Å².